The van der Waals surface area contributed by atoms with E-state index in [-0.39, 0.29) is 25.1 Å². The molecule has 24 heavy (non-hydrogen) atoms. The van der Waals surface area contributed by atoms with Gasteiger partial charge in [0.25, 0.3) is 0 Å². The lowest BCUT2D eigenvalue weighted by Crippen LogP contribution is -2.37. The number of hydrogen-bond donors (Lipinski definition) is 2. The first-order valence-electron chi connectivity index (χ1n) is 8.62. The highest BCUT2D eigenvalue weighted by Gasteiger charge is 2.28. The predicted octanol–water partition coefficient (Wildman–Crippen LogP) is -0.00330. The number of nitrogens with one attached hydrogen (secondary N) is 1. The zero-order valence-electron chi connectivity index (χ0n) is 13.9. The van der Waals surface area contributed by atoms with Crippen LogP contribution in [0.3, 0.4) is 0 Å². The Morgan fingerprint density at radius 2 is 2.00 bits per heavy atom. The lowest BCUT2D eigenvalue weighted by Gasteiger charge is -2.32. The van der Waals surface area contributed by atoms with Gasteiger partial charge in [0.15, 0.2) is 0 Å². The fourth-order valence-electron chi connectivity index (χ4n) is 3.56. The molecule has 2 aliphatic rings. The quantitative estimate of drug-likeness (QED) is 0.684. The van der Waals surface area contributed by atoms with Crippen LogP contribution in [0.25, 0.3) is 0 Å². The number of hydrogen-bond acceptors (Lipinski definition) is 5. The van der Waals surface area contributed by atoms with Gasteiger partial charge < -0.3 is 15.3 Å². The summed E-state index contributed by atoms with van der Waals surface area (Å²) >= 11 is 0. The van der Waals surface area contributed by atoms with Gasteiger partial charge in [0.1, 0.15) is 0 Å². The number of likely N-dealkylation sites (tertiary alicyclic amines) is 1. The van der Waals surface area contributed by atoms with Gasteiger partial charge in [0.05, 0.1) is 19.7 Å². The summed E-state index contributed by atoms with van der Waals surface area (Å²) in [4.78, 5) is 26.7. The Balaban J connectivity index is 1.41. The summed E-state index contributed by atoms with van der Waals surface area (Å²) in [6, 6.07) is 1.78. The van der Waals surface area contributed by atoms with E-state index in [2.05, 4.69) is 15.3 Å². The van der Waals surface area contributed by atoms with E-state index in [4.69, 9.17) is 5.11 Å². The predicted molar refractivity (Wildman–Crippen MR) is 87.5 cm³/mol. The second-order valence-electron chi connectivity index (χ2n) is 6.38. The van der Waals surface area contributed by atoms with Crippen molar-refractivity contribution < 1.29 is 14.7 Å². The number of carbonyl (C=O) groups is 2. The van der Waals surface area contributed by atoms with Crippen molar-refractivity contribution in [1.29, 1.82) is 0 Å². The second-order valence-corrected chi connectivity index (χ2v) is 6.38. The van der Waals surface area contributed by atoms with Gasteiger partial charge in [-0.25, -0.2) is 4.79 Å². The smallest absolute Gasteiger partial charge is 0.324 e. The van der Waals surface area contributed by atoms with Gasteiger partial charge in [-0.2, -0.15) is 5.10 Å². The van der Waals surface area contributed by atoms with Crippen molar-refractivity contribution in [3.63, 3.8) is 0 Å². The van der Waals surface area contributed by atoms with Crippen LogP contribution in [0.1, 0.15) is 30.9 Å². The Labute approximate surface area is 141 Å². The monoisotopic (exact) mass is 335 g/mol. The van der Waals surface area contributed by atoms with Crippen LogP contribution in [0, 0.1) is 0 Å². The van der Waals surface area contributed by atoms with Crippen molar-refractivity contribution in [2.24, 2.45) is 0 Å². The van der Waals surface area contributed by atoms with E-state index in [9.17, 15) is 9.59 Å². The molecule has 0 saturated carbocycles. The molecule has 2 fully saturated rings. The highest BCUT2D eigenvalue weighted by atomic mass is 16.3. The number of carbonyl (C=O) groups excluding carboxylic acids is 2. The minimum atomic E-state index is -0.268. The largest absolute Gasteiger partial charge is 0.394 e. The van der Waals surface area contributed by atoms with Crippen LogP contribution in [-0.2, 0) is 11.3 Å². The van der Waals surface area contributed by atoms with E-state index in [1.54, 1.807) is 6.20 Å². The van der Waals surface area contributed by atoms with Gasteiger partial charge in [-0.3, -0.25) is 14.4 Å². The minimum Gasteiger partial charge on any atom is -0.394 e. The first-order chi connectivity index (χ1) is 11.7. The summed E-state index contributed by atoms with van der Waals surface area (Å²) in [5, 5.41) is 15.9. The molecule has 132 valence electrons. The molecule has 2 saturated heterocycles. The fraction of sp³-hybridized carbons (Fsp3) is 0.688. The zero-order chi connectivity index (χ0) is 16.9. The van der Waals surface area contributed by atoms with Crippen LogP contribution >= 0.6 is 0 Å². The van der Waals surface area contributed by atoms with Crippen LogP contribution in [0.15, 0.2) is 12.3 Å². The molecular formula is C16H25N5O3. The molecule has 3 amide bonds. The normalized spacial score (nSPS) is 20.0. The molecule has 3 heterocycles. The maximum Gasteiger partial charge on any atom is 0.324 e. The Kier molecular flexibility index (Phi) is 5.47. The number of aromatic nitrogens is 2. The molecule has 1 aromatic heterocycles. The van der Waals surface area contributed by atoms with Crippen molar-refractivity contribution in [3.05, 3.63) is 18.0 Å². The van der Waals surface area contributed by atoms with Gasteiger partial charge in [-0.1, -0.05) is 0 Å². The lowest BCUT2D eigenvalue weighted by molar-refractivity contribution is -0.125. The van der Waals surface area contributed by atoms with Crippen LogP contribution in [0.4, 0.5) is 4.79 Å². The topological polar surface area (TPSA) is 90.7 Å². The van der Waals surface area contributed by atoms with Gasteiger partial charge in [0.2, 0.25) is 5.91 Å². The van der Waals surface area contributed by atoms with Crippen LogP contribution < -0.4 is 5.32 Å². The SMILES string of the molecule is O=C1CNC(=O)N1CCCN1CCC(c2ccnn2CCO)CC1. The van der Waals surface area contributed by atoms with E-state index in [1.165, 1.54) is 10.6 Å². The van der Waals surface area contributed by atoms with E-state index in [0.717, 1.165) is 38.9 Å². The van der Waals surface area contributed by atoms with E-state index < -0.39 is 0 Å². The number of amides is 3. The molecular weight excluding hydrogens is 310 g/mol. The van der Waals surface area contributed by atoms with Crippen LogP contribution in [-0.4, -0.2) is 76.0 Å². The first kappa shape index (κ1) is 16.9. The fourth-order valence-corrected chi connectivity index (χ4v) is 3.56. The standard InChI is InChI=1S/C16H25N5O3/c22-11-10-21-14(2-5-18-21)13-3-8-19(9-4-13)6-1-7-20-15(23)12-17-16(20)24/h2,5,13,22H,1,3-4,6-12H2,(H,17,24). The zero-order valence-corrected chi connectivity index (χ0v) is 13.9. The van der Waals surface area contributed by atoms with Gasteiger partial charge in [0, 0.05) is 24.4 Å². The molecule has 0 bridgehead atoms. The Morgan fingerprint density at radius 1 is 1.21 bits per heavy atom. The maximum atomic E-state index is 11.5. The number of piperidine rings is 1. The van der Waals surface area contributed by atoms with Crippen molar-refractivity contribution in [2.75, 3.05) is 39.3 Å². The summed E-state index contributed by atoms with van der Waals surface area (Å²) in [7, 11) is 0. The molecule has 0 aromatic carbocycles. The summed E-state index contributed by atoms with van der Waals surface area (Å²) in [6.45, 7) is 4.20. The summed E-state index contributed by atoms with van der Waals surface area (Å²) < 4.78 is 1.90. The van der Waals surface area contributed by atoms with Crippen molar-refractivity contribution >= 4 is 11.9 Å². The number of urea groups is 1. The number of nitrogens with zero attached hydrogens (tertiary/aromatic N) is 4. The van der Waals surface area contributed by atoms with Gasteiger partial charge in [-0.15, -0.1) is 0 Å². The molecule has 0 unspecified atom stereocenters. The molecule has 8 nitrogen and oxygen atoms in total. The summed E-state index contributed by atoms with van der Waals surface area (Å²) in [5.41, 5.74) is 1.21. The Bertz CT molecular complexity index is 564. The molecule has 2 aliphatic heterocycles. The van der Waals surface area contributed by atoms with Crippen molar-refractivity contribution in [1.82, 2.24) is 24.9 Å². The number of aliphatic hydroxyl groups excluding tert-OH is 1. The van der Waals surface area contributed by atoms with Crippen LogP contribution in [0.5, 0.6) is 0 Å². The second kappa shape index (κ2) is 7.76. The molecule has 0 spiro atoms. The number of imide groups is 1. The summed E-state index contributed by atoms with van der Waals surface area (Å²) in [5.74, 6) is 0.358. The van der Waals surface area contributed by atoms with E-state index >= 15 is 0 Å². The molecule has 0 radical (unpaired) electrons. The molecule has 3 rings (SSSR count). The average molecular weight is 335 g/mol. The third kappa shape index (κ3) is 3.76. The lowest BCUT2D eigenvalue weighted by atomic mass is 9.93. The highest BCUT2D eigenvalue weighted by molar-refractivity contribution is 6.01. The molecule has 0 aliphatic carbocycles. The third-order valence-electron chi connectivity index (χ3n) is 4.86. The Hall–Kier alpha value is -1.93. The first-order valence-corrected chi connectivity index (χ1v) is 8.62. The van der Waals surface area contributed by atoms with Crippen molar-refractivity contribution in [3.8, 4) is 0 Å². The number of rotatable bonds is 7. The summed E-state index contributed by atoms with van der Waals surface area (Å²) in [6.07, 6.45) is 4.75. The molecule has 2 N–H and O–H groups in total. The Morgan fingerprint density at radius 3 is 2.67 bits per heavy atom. The van der Waals surface area contributed by atoms with Gasteiger partial charge >= 0.3 is 6.03 Å². The average Bonchev–Trinajstić information content (AvgIpc) is 3.17. The van der Waals surface area contributed by atoms with E-state index in [0.29, 0.717) is 19.0 Å². The number of aliphatic hydroxyl groups is 1. The van der Waals surface area contributed by atoms with E-state index in [1.807, 2.05) is 10.7 Å². The highest BCUT2D eigenvalue weighted by Crippen LogP contribution is 2.27. The molecule has 8 heteroatoms. The molecule has 1 aromatic rings. The van der Waals surface area contributed by atoms with Gasteiger partial charge in [-0.05, 0) is 45.0 Å². The van der Waals surface area contributed by atoms with Crippen LogP contribution in [0.2, 0.25) is 0 Å². The minimum absolute atomic E-state index is 0.107. The van der Waals surface area contributed by atoms with Crippen molar-refractivity contribution in [2.45, 2.75) is 31.7 Å². The molecule has 0 atom stereocenters. The maximum absolute atomic E-state index is 11.5. The third-order valence-corrected chi connectivity index (χ3v) is 4.86.